The molecule has 2 heterocycles. The number of aromatic amines is 1. The highest BCUT2D eigenvalue weighted by Crippen LogP contribution is 2.21. The SMILES string of the molecule is CN(Cc1cccs1)c1cn[nH]c1N. The summed E-state index contributed by atoms with van der Waals surface area (Å²) < 4.78 is 0. The third-order valence-electron chi connectivity index (χ3n) is 2.03. The lowest BCUT2D eigenvalue weighted by Crippen LogP contribution is -2.16. The molecular formula is C9H12N4S. The van der Waals surface area contributed by atoms with Crippen molar-refractivity contribution in [2.24, 2.45) is 0 Å². The minimum atomic E-state index is 0.615. The summed E-state index contributed by atoms with van der Waals surface area (Å²) >= 11 is 1.74. The lowest BCUT2D eigenvalue weighted by Gasteiger charge is -2.16. The fraction of sp³-hybridized carbons (Fsp3) is 0.222. The number of thiophene rings is 1. The molecule has 5 heteroatoms. The molecule has 2 aromatic heterocycles. The molecule has 74 valence electrons. The maximum absolute atomic E-state index is 5.71. The second kappa shape index (κ2) is 3.71. The summed E-state index contributed by atoms with van der Waals surface area (Å²) in [4.78, 5) is 3.39. The van der Waals surface area contributed by atoms with Crippen LogP contribution in [0.3, 0.4) is 0 Å². The number of hydrogen-bond donors (Lipinski definition) is 2. The number of aromatic nitrogens is 2. The first-order valence-corrected chi connectivity index (χ1v) is 5.17. The zero-order chi connectivity index (χ0) is 9.97. The van der Waals surface area contributed by atoms with Crippen molar-refractivity contribution in [2.45, 2.75) is 6.54 Å². The maximum Gasteiger partial charge on any atom is 0.142 e. The van der Waals surface area contributed by atoms with E-state index in [2.05, 4.69) is 26.5 Å². The van der Waals surface area contributed by atoms with Crippen molar-refractivity contribution in [3.8, 4) is 0 Å². The number of nitrogens with one attached hydrogen (secondary N) is 1. The van der Waals surface area contributed by atoms with E-state index in [0.717, 1.165) is 12.2 Å². The maximum atomic E-state index is 5.71. The highest BCUT2D eigenvalue weighted by molar-refractivity contribution is 7.09. The van der Waals surface area contributed by atoms with E-state index in [9.17, 15) is 0 Å². The van der Waals surface area contributed by atoms with Crippen LogP contribution in [0.15, 0.2) is 23.7 Å². The number of hydrogen-bond acceptors (Lipinski definition) is 4. The summed E-state index contributed by atoms with van der Waals surface area (Å²) in [5.74, 6) is 0.615. The average molecular weight is 208 g/mol. The van der Waals surface area contributed by atoms with Crippen molar-refractivity contribution in [2.75, 3.05) is 17.7 Å². The molecule has 2 aromatic rings. The molecule has 3 N–H and O–H groups in total. The molecule has 2 rings (SSSR count). The van der Waals surface area contributed by atoms with E-state index >= 15 is 0 Å². The van der Waals surface area contributed by atoms with Crippen molar-refractivity contribution in [1.82, 2.24) is 10.2 Å². The Morgan fingerprint density at radius 3 is 3.07 bits per heavy atom. The average Bonchev–Trinajstić information content (AvgIpc) is 2.75. The largest absolute Gasteiger partial charge is 0.382 e. The number of nitrogen functional groups attached to an aromatic ring is 1. The quantitative estimate of drug-likeness (QED) is 0.807. The molecule has 0 radical (unpaired) electrons. The number of rotatable bonds is 3. The van der Waals surface area contributed by atoms with Crippen LogP contribution in [-0.2, 0) is 6.54 Å². The van der Waals surface area contributed by atoms with Crippen LogP contribution in [0.25, 0.3) is 0 Å². The van der Waals surface area contributed by atoms with Crippen molar-refractivity contribution in [3.05, 3.63) is 28.6 Å². The van der Waals surface area contributed by atoms with Crippen molar-refractivity contribution in [3.63, 3.8) is 0 Å². The summed E-state index contributed by atoms with van der Waals surface area (Å²) in [6.07, 6.45) is 1.74. The first-order chi connectivity index (χ1) is 6.77. The molecule has 0 amide bonds. The fourth-order valence-corrected chi connectivity index (χ4v) is 2.07. The van der Waals surface area contributed by atoms with Gasteiger partial charge in [-0.15, -0.1) is 11.3 Å². The lowest BCUT2D eigenvalue weighted by atomic mass is 10.4. The van der Waals surface area contributed by atoms with Crippen LogP contribution in [-0.4, -0.2) is 17.2 Å². The molecule has 0 bridgehead atoms. The molecule has 0 fully saturated rings. The van der Waals surface area contributed by atoms with Crippen LogP contribution >= 0.6 is 11.3 Å². The number of nitrogens with zero attached hydrogens (tertiary/aromatic N) is 2. The molecule has 14 heavy (non-hydrogen) atoms. The normalized spacial score (nSPS) is 10.4. The van der Waals surface area contributed by atoms with Gasteiger partial charge in [0.2, 0.25) is 0 Å². The Hall–Kier alpha value is -1.49. The van der Waals surface area contributed by atoms with Gasteiger partial charge in [0.15, 0.2) is 0 Å². The van der Waals surface area contributed by atoms with Crippen LogP contribution in [0.1, 0.15) is 4.88 Å². The standard InChI is InChI=1S/C9H12N4S/c1-13(6-7-3-2-4-14-7)8-5-11-12-9(8)10/h2-5H,6H2,1H3,(H3,10,11,12). The molecule has 0 aliphatic rings. The van der Waals surface area contributed by atoms with Gasteiger partial charge in [0.25, 0.3) is 0 Å². The molecule has 0 unspecified atom stereocenters. The Morgan fingerprint density at radius 2 is 2.50 bits per heavy atom. The van der Waals surface area contributed by atoms with Gasteiger partial charge in [-0.3, -0.25) is 5.10 Å². The summed E-state index contributed by atoms with van der Waals surface area (Å²) in [7, 11) is 2.00. The van der Waals surface area contributed by atoms with Gasteiger partial charge < -0.3 is 10.6 Å². The topological polar surface area (TPSA) is 57.9 Å². The van der Waals surface area contributed by atoms with Gasteiger partial charge >= 0.3 is 0 Å². The van der Waals surface area contributed by atoms with Crippen molar-refractivity contribution >= 4 is 22.8 Å². The lowest BCUT2D eigenvalue weighted by molar-refractivity contribution is 0.943. The molecule has 0 aliphatic carbocycles. The number of anilines is 2. The Balaban J connectivity index is 2.10. The van der Waals surface area contributed by atoms with E-state index in [1.807, 2.05) is 13.1 Å². The monoisotopic (exact) mass is 208 g/mol. The molecule has 0 saturated heterocycles. The van der Waals surface area contributed by atoms with Crippen LogP contribution in [0.5, 0.6) is 0 Å². The van der Waals surface area contributed by atoms with Crippen molar-refractivity contribution in [1.29, 1.82) is 0 Å². The smallest absolute Gasteiger partial charge is 0.142 e. The summed E-state index contributed by atoms with van der Waals surface area (Å²) in [6.45, 7) is 0.862. The zero-order valence-electron chi connectivity index (χ0n) is 7.90. The van der Waals surface area contributed by atoms with Gasteiger partial charge in [0.05, 0.1) is 18.4 Å². The van der Waals surface area contributed by atoms with Crippen LogP contribution in [0.4, 0.5) is 11.5 Å². The predicted octanol–water partition coefficient (Wildman–Crippen LogP) is 1.69. The van der Waals surface area contributed by atoms with Gasteiger partial charge in [-0.1, -0.05) is 6.07 Å². The second-order valence-electron chi connectivity index (χ2n) is 3.10. The van der Waals surface area contributed by atoms with Gasteiger partial charge in [-0.2, -0.15) is 5.10 Å². The predicted molar refractivity (Wildman–Crippen MR) is 59.4 cm³/mol. The van der Waals surface area contributed by atoms with E-state index in [4.69, 9.17) is 5.73 Å². The van der Waals surface area contributed by atoms with Crippen LogP contribution in [0, 0.1) is 0 Å². The van der Waals surface area contributed by atoms with E-state index in [1.54, 1.807) is 17.5 Å². The number of H-pyrrole nitrogens is 1. The van der Waals surface area contributed by atoms with Gasteiger partial charge in [-0.05, 0) is 11.4 Å². The molecule has 0 spiro atoms. The van der Waals surface area contributed by atoms with E-state index in [0.29, 0.717) is 5.82 Å². The van der Waals surface area contributed by atoms with Crippen LogP contribution < -0.4 is 10.6 Å². The molecule has 0 atom stereocenters. The van der Waals surface area contributed by atoms with E-state index in [-0.39, 0.29) is 0 Å². The van der Waals surface area contributed by atoms with Gasteiger partial charge in [0, 0.05) is 11.9 Å². The molecular weight excluding hydrogens is 196 g/mol. The third kappa shape index (κ3) is 1.72. The first kappa shape index (κ1) is 9.08. The van der Waals surface area contributed by atoms with Gasteiger partial charge in [0.1, 0.15) is 5.82 Å². The minimum absolute atomic E-state index is 0.615. The van der Waals surface area contributed by atoms with E-state index < -0.39 is 0 Å². The summed E-state index contributed by atoms with van der Waals surface area (Å²) in [5, 5.41) is 8.67. The Labute approximate surface area is 86.4 Å². The second-order valence-corrected chi connectivity index (χ2v) is 4.14. The summed E-state index contributed by atoms with van der Waals surface area (Å²) in [6, 6.07) is 4.16. The number of nitrogens with two attached hydrogens (primary N) is 1. The fourth-order valence-electron chi connectivity index (χ4n) is 1.32. The Kier molecular flexibility index (Phi) is 2.41. The summed E-state index contributed by atoms with van der Waals surface area (Å²) in [5.41, 5.74) is 6.66. The van der Waals surface area contributed by atoms with Gasteiger partial charge in [-0.25, -0.2) is 0 Å². The zero-order valence-corrected chi connectivity index (χ0v) is 8.71. The Bertz CT molecular complexity index is 393. The minimum Gasteiger partial charge on any atom is -0.382 e. The van der Waals surface area contributed by atoms with E-state index in [1.165, 1.54) is 4.88 Å². The molecule has 4 nitrogen and oxygen atoms in total. The Morgan fingerprint density at radius 1 is 1.64 bits per heavy atom. The molecule has 0 saturated carbocycles. The van der Waals surface area contributed by atoms with Crippen molar-refractivity contribution < 1.29 is 0 Å². The molecule has 0 aliphatic heterocycles. The van der Waals surface area contributed by atoms with Crippen LogP contribution in [0.2, 0.25) is 0 Å². The first-order valence-electron chi connectivity index (χ1n) is 4.29. The third-order valence-corrected chi connectivity index (χ3v) is 2.89. The highest BCUT2D eigenvalue weighted by atomic mass is 32.1. The highest BCUT2D eigenvalue weighted by Gasteiger charge is 2.07. The molecule has 0 aromatic carbocycles.